The third kappa shape index (κ3) is 5.24. The molecule has 1 amide bonds. The van der Waals surface area contributed by atoms with Crippen molar-refractivity contribution in [2.45, 2.75) is 51.1 Å². The van der Waals surface area contributed by atoms with E-state index < -0.39 is 0 Å². The van der Waals surface area contributed by atoms with Crippen LogP contribution < -0.4 is 10.6 Å². The van der Waals surface area contributed by atoms with Crippen LogP contribution >= 0.6 is 0 Å². The van der Waals surface area contributed by atoms with Crippen LogP contribution in [0.1, 0.15) is 54.6 Å². The molecular formula is C19H23FN4O. The number of amides is 1. The molecule has 3 rings (SSSR count). The molecule has 1 heterocycles. The first-order valence-corrected chi connectivity index (χ1v) is 8.82. The van der Waals surface area contributed by atoms with Gasteiger partial charge >= 0.3 is 0 Å². The molecule has 2 aromatic rings. The molecule has 132 valence electrons. The van der Waals surface area contributed by atoms with Crippen molar-refractivity contribution in [2.24, 2.45) is 0 Å². The van der Waals surface area contributed by atoms with Gasteiger partial charge in [0.25, 0.3) is 5.91 Å². The minimum absolute atomic E-state index is 0.272. The van der Waals surface area contributed by atoms with Gasteiger partial charge in [-0.05, 0) is 30.5 Å². The van der Waals surface area contributed by atoms with E-state index in [0.717, 1.165) is 18.4 Å². The average Bonchev–Trinajstić information content (AvgIpc) is 2.90. The van der Waals surface area contributed by atoms with Gasteiger partial charge in [0.1, 0.15) is 17.3 Å². The maximum absolute atomic E-state index is 12.9. The monoisotopic (exact) mass is 342 g/mol. The number of carbonyl (C=O) groups excluding carboxylic acids is 1. The number of hydrogen-bond donors (Lipinski definition) is 2. The lowest BCUT2D eigenvalue weighted by molar-refractivity contribution is 0.0945. The number of nitrogens with zero attached hydrogens (tertiary/aromatic N) is 2. The van der Waals surface area contributed by atoms with Gasteiger partial charge < -0.3 is 10.6 Å². The number of halogens is 1. The quantitative estimate of drug-likeness (QED) is 0.814. The summed E-state index contributed by atoms with van der Waals surface area (Å²) in [7, 11) is 0. The van der Waals surface area contributed by atoms with Gasteiger partial charge in [-0.3, -0.25) is 4.79 Å². The van der Waals surface area contributed by atoms with Crippen LogP contribution in [-0.2, 0) is 6.54 Å². The highest BCUT2D eigenvalue weighted by molar-refractivity contribution is 5.91. The summed E-state index contributed by atoms with van der Waals surface area (Å²) in [5, 5.41) is 6.17. The molecule has 6 heteroatoms. The lowest BCUT2D eigenvalue weighted by Gasteiger charge is -2.16. The summed E-state index contributed by atoms with van der Waals surface area (Å²) in [6, 6.07) is 6.46. The fraction of sp³-hybridized carbons (Fsp3) is 0.421. The Kier molecular flexibility index (Phi) is 5.93. The van der Waals surface area contributed by atoms with Crippen molar-refractivity contribution < 1.29 is 9.18 Å². The topological polar surface area (TPSA) is 66.9 Å². The van der Waals surface area contributed by atoms with Crippen molar-refractivity contribution >= 4 is 11.7 Å². The van der Waals surface area contributed by atoms with E-state index in [9.17, 15) is 9.18 Å². The largest absolute Gasteiger partial charge is 0.366 e. The summed E-state index contributed by atoms with van der Waals surface area (Å²) < 4.78 is 12.9. The van der Waals surface area contributed by atoms with E-state index in [1.54, 1.807) is 18.3 Å². The maximum atomic E-state index is 12.9. The molecule has 0 saturated heterocycles. The fourth-order valence-electron chi connectivity index (χ4n) is 3.03. The zero-order valence-corrected chi connectivity index (χ0v) is 14.2. The zero-order chi connectivity index (χ0) is 17.5. The van der Waals surface area contributed by atoms with Crippen molar-refractivity contribution in [1.82, 2.24) is 15.3 Å². The minimum Gasteiger partial charge on any atom is -0.366 e. The highest BCUT2D eigenvalue weighted by Crippen LogP contribution is 2.20. The molecule has 0 bridgehead atoms. The van der Waals surface area contributed by atoms with Gasteiger partial charge in [-0.15, -0.1) is 0 Å². The highest BCUT2D eigenvalue weighted by Gasteiger charge is 2.13. The standard InChI is InChI=1S/C19H23FN4O/c20-15-9-7-14(8-10-15)11-23-19(25)17-12-22-18(13-21-17)24-16-5-3-1-2-4-6-16/h7-10,12-13,16H,1-6,11H2,(H,22,24)(H,23,25). The molecule has 0 radical (unpaired) electrons. The number of anilines is 1. The summed E-state index contributed by atoms with van der Waals surface area (Å²) in [6.45, 7) is 0.322. The summed E-state index contributed by atoms with van der Waals surface area (Å²) >= 11 is 0. The van der Waals surface area contributed by atoms with Crippen LogP contribution in [0.25, 0.3) is 0 Å². The first kappa shape index (κ1) is 17.3. The first-order valence-electron chi connectivity index (χ1n) is 8.82. The van der Waals surface area contributed by atoms with E-state index in [1.807, 2.05) is 0 Å². The van der Waals surface area contributed by atoms with Crippen LogP contribution in [0.3, 0.4) is 0 Å². The third-order valence-electron chi connectivity index (χ3n) is 4.46. The summed E-state index contributed by atoms with van der Waals surface area (Å²) in [4.78, 5) is 20.6. The average molecular weight is 342 g/mol. The van der Waals surface area contributed by atoms with Gasteiger partial charge in [0.2, 0.25) is 0 Å². The number of carbonyl (C=O) groups is 1. The Morgan fingerprint density at radius 1 is 1.04 bits per heavy atom. The van der Waals surface area contributed by atoms with E-state index in [2.05, 4.69) is 20.6 Å². The second-order valence-corrected chi connectivity index (χ2v) is 6.43. The Morgan fingerprint density at radius 3 is 2.40 bits per heavy atom. The molecule has 0 atom stereocenters. The zero-order valence-electron chi connectivity index (χ0n) is 14.2. The van der Waals surface area contributed by atoms with Gasteiger partial charge in [-0.1, -0.05) is 37.8 Å². The molecule has 2 N–H and O–H groups in total. The highest BCUT2D eigenvalue weighted by atomic mass is 19.1. The molecule has 1 aliphatic carbocycles. The molecule has 0 aliphatic heterocycles. The Labute approximate surface area is 147 Å². The van der Waals surface area contributed by atoms with Crippen LogP contribution in [0.4, 0.5) is 10.2 Å². The second kappa shape index (κ2) is 8.55. The fourth-order valence-corrected chi connectivity index (χ4v) is 3.03. The maximum Gasteiger partial charge on any atom is 0.271 e. The predicted octanol–water partition coefficient (Wildman–Crippen LogP) is 3.68. The summed E-state index contributed by atoms with van der Waals surface area (Å²) in [5.41, 5.74) is 1.10. The van der Waals surface area contributed by atoms with Crippen molar-refractivity contribution in [3.8, 4) is 0 Å². The van der Waals surface area contributed by atoms with Crippen LogP contribution in [0.15, 0.2) is 36.7 Å². The van der Waals surface area contributed by atoms with Crippen LogP contribution in [0.2, 0.25) is 0 Å². The lowest BCUT2D eigenvalue weighted by atomic mass is 10.1. The van der Waals surface area contributed by atoms with Crippen molar-refractivity contribution in [3.63, 3.8) is 0 Å². The molecule has 25 heavy (non-hydrogen) atoms. The minimum atomic E-state index is -0.294. The summed E-state index contributed by atoms with van der Waals surface area (Å²) in [5.74, 6) is 0.123. The first-order chi connectivity index (χ1) is 12.2. The van der Waals surface area contributed by atoms with Gasteiger partial charge in [0, 0.05) is 12.6 Å². The smallest absolute Gasteiger partial charge is 0.271 e. The predicted molar refractivity (Wildman–Crippen MR) is 94.7 cm³/mol. The van der Waals surface area contributed by atoms with Crippen LogP contribution in [-0.4, -0.2) is 21.9 Å². The van der Waals surface area contributed by atoms with Crippen LogP contribution in [0.5, 0.6) is 0 Å². The van der Waals surface area contributed by atoms with E-state index in [1.165, 1.54) is 44.0 Å². The molecule has 1 aliphatic rings. The molecule has 1 aromatic heterocycles. The van der Waals surface area contributed by atoms with Gasteiger partial charge in [-0.2, -0.15) is 0 Å². The molecule has 1 saturated carbocycles. The molecular weight excluding hydrogens is 319 g/mol. The van der Waals surface area contributed by atoms with Crippen LogP contribution in [0, 0.1) is 5.82 Å². The molecule has 1 aromatic carbocycles. The molecule has 5 nitrogen and oxygen atoms in total. The number of benzene rings is 1. The van der Waals surface area contributed by atoms with Gasteiger partial charge in [-0.25, -0.2) is 14.4 Å². The van der Waals surface area contributed by atoms with E-state index >= 15 is 0 Å². The number of rotatable bonds is 5. The van der Waals surface area contributed by atoms with Crippen molar-refractivity contribution in [2.75, 3.05) is 5.32 Å². The Hall–Kier alpha value is -2.50. The Balaban J connectivity index is 1.52. The van der Waals surface area contributed by atoms with E-state index in [0.29, 0.717) is 18.4 Å². The third-order valence-corrected chi connectivity index (χ3v) is 4.46. The molecule has 0 spiro atoms. The van der Waals surface area contributed by atoms with Crippen molar-refractivity contribution in [3.05, 3.63) is 53.7 Å². The van der Waals surface area contributed by atoms with Gasteiger partial charge in [0.15, 0.2) is 0 Å². The second-order valence-electron chi connectivity index (χ2n) is 6.43. The lowest BCUT2D eigenvalue weighted by Crippen LogP contribution is -2.24. The Morgan fingerprint density at radius 2 is 1.76 bits per heavy atom. The van der Waals surface area contributed by atoms with Crippen molar-refractivity contribution in [1.29, 1.82) is 0 Å². The Bertz CT molecular complexity index is 680. The summed E-state index contributed by atoms with van der Waals surface area (Å²) in [6.07, 6.45) is 10.5. The number of hydrogen-bond acceptors (Lipinski definition) is 4. The molecule has 0 unspecified atom stereocenters. The molecule has 1 fully saturated rings. The normalized spacial score (nSPS) is 15.4. The van der Waals surface area contributed by atoms with E-state index in [4.69, 9.17) is 0 Å². The SMILES string of the molecule is O=C(NCc1ccc(F)cc1)c1cnc(NC2CCCCCC2)cn1. The van der Waals surface area contributed by atoms with Gasteiger partial charge in [0.05, 0.1) is 12.4 Å². The number of aromatic nitrogens is 2. The van der Waals surface area contributed by atoms with E-state index in [-0.39, 0.29) is 17.4 Å². The number of nitrogens with one attached hydrogen (secondary N) is 2.